The first-order valence-corrected chi connectivity index (χ1v) is 5.63. The molecule has 0 radical (unpaired) electrons. The lowest BCUT2D eigenvalue weighted by molar-refractivity contribution is 0.0683. The molecular weight excluding hydrogens is 174 g/mol. The molecule has 2 nitrogen and oxygen atoms in total. The van der Waals surface area contributed by atoms with Gasteiger partial charge in [0.1, 0.15) is 0 Å². The van der Waals surface area contributed by atoms with Crippen molar-refractivity contribution < 1.29 is 4.74 Å². The summed E-state index contributed by atoms with van der Waals surface area (Å²) in [6, 6.07) is 0. The molecule has 14 heavy (non-hydrogen) atoms. The van der Waals surface area contributed by atoms with Gasteiger partial charge >= 0.3 is 0 Å². The highest BCUT2D eigenvalue weighted by Gasteiger charge is 2.00. The lowest BCUT2D eigenvalue weighted by Crippen LogP contribution is -2.27. The smallest absolute Gasteiger partial charge is 0.0671 e. The molecule has 1 N–H and O–H groups in total. The van der Waals surface area contributed by atoms with Gasteiger partial charge in [-0.1, -0.05) is 18.9 Å². The number of unbranched alkanes of at least 4 members (excludes halogenated alkanes) is 1. The Morgan fingerprint density at radius 2 is 2.21 bits per heavy atom. The van der Waals surface area contributed by atoms with E-state index in [0.717, 1.165) is 26.1 Å². The molecule has 0 aromatic heterocycles. The van der Waals surface area contributed by atoms with Gasteiger partial charge in [-0.3, -0.25) is 0 Å². The van der Waals surface area contributed by atoms with Crippen molar-refractivity contribution in [1.82, 2.24) is 5.32 Å². The van der Waals surface area contributed by atoms with Gasteiger partial charge in [-0.05, 0) is 33.2 Å². The Morgan fingerprint density at radius 1 is 1.50 bits per heavy atom. The minimum absolute atomic E-state index is 0.311. The Balaban J connectivity index is 3.19. The zero-order valence-electron chi connectivity index (χ0n) is 9.94. The number of hydrogen-bond donors (Lipinski definition) is 1. The fourth-order valence-electron chi connectivity index (χ4n) is 1.10. The van der Waals surface area contributed by atoms with Crippen molar-refractivity contribution in [2.75, 3.05) is 19.7 Å². The van der Waals surface area contributed by atoms with Crippen LogP contribution in [0.5, 0.6) is 0 Å². The molecular formula is C12H25NO. The van der Waals surface area contributed by atoms with E-state index in [2.05, 4.69) is 25.7 Å². The highest BCUT2D eigenvalue weighted by molar-refractivity contribution is 4.87. The average Bonchev–Trinajstić information content (AvgIpc) is 2.12. The summed E-state index contributed by atoms with van der Waals surface area (Å²) in [4.78, 5) is 0. The van der Waals surface area contributed by atoms with E-state index in [-0.39, 0.29) is 0 Å². The SMILES string of the molecule is C=C(C)CCOC(C)CNCCCC. The van der Waals surface area contributed by atoms with Crippen LogP contribution in [0.3, 0.4) is 0 Å². The van der Waals surface area contributed by atoms with Gasteiger partial charge < -0.3 is 10.1 Å². The molecule has 2 heteroatoms. The van der Waals surface area contributed by atoms with Crippen LogP contribution >= 0.6 is 0 Å². The van der Waals surface area contributed by atoms with Crippen LogP contribution in [0, 0.1) is 0 Å². The minimum Gasteiger partial charge on any atom is -0.377 e. The summed E-state index contributed by atoms with van der Waals surface area (Å²) < 4.78 is 5.61. The largest absolute Gasteiger partial charge is 0.377 e. The number of hydrogen-bond acceptors (Lipinski definition) is 2. The molecule has 0 bridgehead atoms. The summed E-state index contributed by atoms with van der Waals surface area (Å²) in [7, 11) is 0. The van der Waals surface area contributed by atoms with Crippen LogP contribution < -0.4 is 5.32 Å². The maximum atomic E-state index is 5.61. The van der Waals surface area contributed by atoms with Crippen molar-refractivity contribution in [2.45, 2.75) is 46.1 Å². The van der Waals surface area contributed by atoms with Gasteiger partial charge in [-0.25, -0.2) is 0 Å². The molecule has 0 fully saturated rings. The van der Waals surface area contributed by atoms with E-state index in [1.54, 1.807) is 0 Å². The molecule has 0 rings (SSSR count). The summed E-state index contributed by atoms with van der Waals surface area (Å²) in [6.45, 7) is 13.0. The van der Waals surface area contributed by atoms with Crippen LogP contribution in [0.1, 0.15) is 40.0 Å². The molecule has 0 saturated carbocycles. The fraction of sp³-hybridized carbons (Fsp3) is 0.833. The first kappa shape index (κ1) is 13.7. The molecule has 0 heterocycles. The third-order valence-corrected chi connectivity index (χ3v) is 2.07. The summed E-state index contributed by atoms with van der Waals surface area (Å²) in [5.41, 5.74) is 1.19. The zero-order chi connectivity index (χ0) is 10.8. The van der Waals surface area contributed by atoms with Crippen molar-refractivity contribution in [3.05, 3.63) is 12.2 Å². The molecule has 0 saturated heterocycles. The van der Waals surface area contributed by atoms with Gasteiger partial charge in [0.2, 0.25) is 0 Å². The van der Waals surface area contributed by atoms with Gasteiger partial charge in [0, 0.05) is 6.54 Å². The summed E-state index contributed by atoms with van der Waals surface area (Å²) >= 11 is 0. The fourth-order valence-corrected chi connectivity index (χ4v) is 1.10. The van der Waals surface area contributed by atoms with Crippen molar-refractivity contribution in [1.29, 1.82) is 0 Å². The Morgan fingerprint density at radius 3 is 2.79 bits per heavy atom. The average molecular weight is 199 g/mol. The van der Waals surface area contributed by atoms with E-state index in [4.69, 9.17) is 4.74 Å². The van der Waals surface area contributed by atoms with E-state index >= 15 is 0 Å². The molecule has 0 aliphatic carbocycles. The zero-order valence-corrected chi connectivity index (χ0v) is 9.94. The number of ether oxygens (including phenoxy) is 1. The Labute approximate surface area is 88.7 Å². The summed E-state index contributed by atoms with van der Waals surface area (Å²) in [6.07, 6.45) is 3.78. The first-order chi connectivity index (χ1) is 6.66. The predicted octanol–water partition coefficient (Wildman–Crippen LogP) is 2.75. The lowest BCUT2D eigenvalue weighted by Gasteiger charge is -2.13. The van der Waals surface area contributed by atoms with Gasteiger partial charge in [-0.15, -0.1) is 6.58 Å². The highest BCUT2D eigenvalue weighted by Crippen LogP contribution is 1.98. The molecule has 0 amide bonds. The highest BCUT2D eigenvalue weighted by atomic mass is 16.5. The van der Waals surface area contributed by atoms with Crippen LogP contribution in [0.25, 0.3) is 0 Å². The second kappa shape index (κ2) is 9.22. The van der Waals surface area contributed by atoms with Gasteiger partial charge in [-0.2, -0.15) is 0 Å². The van der Waals surface area contributed by atoms with Crippen LogP contribution in [0.15, 0.2) is 12.2 Å². The van der Waals surface area contributed by atoms with E-state index < -0.39 is 0 Å². The third-order valence-electron chi connectivity index (χ3n) is 2.07. The van der Waals surface area contributed by atoms with E-state index in [9.17, 15) is 0 Å². The molecule has 0 aromatic rings. The van der Waals surface area contributed by atoms with Crippen LogP contribution in [0.4, 0.5) is 0 Å². The molecule has 0 aromatic carbocycles. The van der Waals surface area contributed by atoms with Crippen molar-refractivity contribution in [2.24, 2.45) is 0 Å². The standard InChI is InChI=1S/C12H25NO/c1-5-6-8-13-10-12(4)14-9-7-11(2)3/h12-13H,2,5-10H2,1,3-4H3. The van der Waals surface area contributed by atoms with Gasteiger partial charge in [0.25, 0.3) is 0 Å². The Kier molecular flexibility index (Phi) is 9.00. The van der Waals surface area contributed by atoms with Crippen molar-refractivity contribution in [3.8, 4) is 0 Å². The third kappa shape index (κ3) is 9.75. The number of rotatable bonds is 9. The van der Waals surface area contributed by atoms with Crippen molar-refractivity contribution >= 4 is 0 Å². The molecule has 1 unspecified atom stereocenters. The normalized spacial score (nSPS) is 12.8. The van der Waals surface area contributed by atoms with E-state index in [0.29, 0.717) is 6.10 Å². The minimum atomic E-state index is 0.311. The quantitative estimate of drug-likeness (QED) is 0.455. The van der Waals surface area contributed by atoms with Crippen LogP contribution in [0.2, 0.25) is 0 Å². The van der Waals surface area contributed by atoms with Gasteiger partial charge in [0.05, 0.1) is 12.7 Å². The lowest BCUT2D eigenvalue weighted by atomic mass is 10.2. The second-order valence-electron chi connectivity index (χ2n) is 3.95. The summed E-state index contributed by atoms with van der Waals surface area (Å²) in [5.74, 6) is 0. The molecule has 0 spiro atoms. The van der Waals surface area contributed by atoms with E-state index in [1.165, 1.54) is 18.4 Å². The molecule has 0 aliphatic rings. The number of nitrogens with one attached hydrogen (secondary N) is 1. The van der Waals surface area contributed by atoms with E-state index in [1.807, 2.05) is 6.92 Å². The Bertz CT molecular complexity index is 145. The maximum absolute atomic E-state index is 5.61. The first-order valence-electron chi connectivity index (χ1n) is 5.63. The molecule has 1 atom stereocenters. The van der Waals surface area contributed by atoms with Crippen LogP contribution in [-0.2, 0) is 4.74 Å². The monoisotopic (exact) mass is 199 g/mol. The molecule has 84 valence electrons. The van der Waals surface area contributed by atoms with Crippen molar-refractivity contribution in [3.63, 3.8) is 0 Å². The maximum Gasteiger partial charge on any atom is 0.0671 e. The topological polar surface area (TPSA) is 21.3 Å². The van der Waals surface area contributed by atoms with Gasteiger partial charge in [0.15, 0.2) is 0 Å². The summed E-state index contributed by atoms with van der Waals surface area (Å²) in [5, 5.41) is 3.38. The van der Waals surface area contributed by atoms with Crippen LogP contribution in [-0.4, -0.2) is 25.8 Å². The second-order valence-corrected chi connectivity index (χ2v) is 3.95. The predicted molar refractivity (Wildman–Crippen MR) is 62.6 cm³/mol. The molecule has 0 aliphatic heterocycles. The Hall–Kier alpha value is -0.340.